The van der Waals surface area contributed by atoms with Crippen molar-refractivity contribution in [1.29, 1.82) is 0 Å². The van der Waals surface area contributed by atoms with Crippen molar-refractivity contribution in [3.63, 3.8) is 0 Å². The summed E-state index contributed by atoms with van der Waals surface area (Å²) < 4.78 is 0.889. The minimum absolute atomic E-state index is 0.116. The van der Waals surface area contributed by atoms with Crippen LogP contribution in [0, 0.1) is 0 Å². The topological polar surface area (TPSA) is 37.8 Å². The van der Waals surface area contributed by atoms with Gasteiger partial charge in [0.05, 0.1) is 16.9 Å². The SMILES string of the molecule is Clc1ncc(Cl)c(Nc2ccc(Br)cc2Cl)n1. The Hall–Kier alpha value is -0.550. The van der Waals surface area contributed by atoms with Crippen LogP contribution in [-0.4, -0.2) is 9.97 Å². The molecule has 1 aromatic heterocycles. The van der Waals surface area contributed by atoms with Crippen molar-refractivity contribution >= 4 is 62.2 Å². The van der Waals surface area contributed by atoms with Crippen molar-refractivity contribution < 1.29 is 0 Å². The Labute approximate surface area is 121 Å². The number of aromatic nitrogens is 2. The molecule has 3 nitrogen and oxygen atoms in total. The highest BCUT2D eigenvalue weighted by molar-refractivity contribution is 9.10. The molecule has 0 amide bonds. The quantitative estimate of drug-likeness (QED) is 0.777. The van der Waals surface area contributed by atoms with Crippen LogP contribution in [0.15, 0.2) is 28.9 Å². The molecule has 1 aromatic carbocycles. The average Bonchev–Trinajstić information content (AvgIpc) is 2.27. The smallest absolute Gasteiger partial charge is 0.224 e. The molecule has 0 aliphatic rings. The van der Waals surface area contributed by atoms with Crippen molar-refractivity contribution in [3.05, 3.63) is 44.2 Å². The van der Waals surface area contributed by atoms with Crippen LogP contribution in [-0.2, 0) is 0 Å². The predicted octanol–water partition coefficient (Wildman–Crippen LogP) is 4.94. The Balaban J connectivity index is 2.34. The van der Waals surface area contributed by atoms with Gasteiger partial charge in [-0.15, -0.1) is 0 Å². The van der Waals surface area contributed by atoms with Gasteiger partial charge in [0.25, 0.3) is 0 Å². The Bertz CT molecular complexity index is 562. The van der Waals surface area contributed by atoms with Gasteiger partial charge in [0.15, 0.2) is 5.82 Å². The number of anilines is 2. The molecule has 0 radical (unpaired) electrons. The molecular formula is C10H5BrCl3N3. The fraction of sp³-hybridized carbons (Fsp3) is 0. The molecule has 88 valence electrons. The van der Waals surface area contributed by atoms with Crippen molar-refractivity contribution in [2.24, 2.45) is 0 Å². The standard InChI is InChI=1S/C10H5BrCl3N3/c11-5-1-2-8(6(12)3-5)16-9-7(13)4-15-10(14)17-9/h1-4H,(H,15,16,17). The van der Waals surface area contributed by atoms with Crippen molar-refractivity contribution in [2.75, 3.05) is 5.32 Å². The van der Waals surface area contributed by atoms with Crippen LogP contribution in [0.25, 0.3) is 0 Å². The minimum atomic E-state index is 0.116. The fourth-order valence-corrected chi connectivity index (χ4v) is 2.14. The van der Waals surface area contributed by atoms with Gasteiger partial charge in [0.1, 0.15) is 5.02 Å². The third-order valence-electron chi connectivity index (χ3n) is 1.90. The molecule has 7 heteroatoms. The summed E-state index contributed by atoms with van der Waals surface area (Å²) in [6.45, 7) is 0. The first-order valence-electron chi connectivity index (χ1n) is 4.46. The summed E-state index contributed by atoms with van der Waals surface area (Å²) in [4.78, 5) is 7.73. The molecule has 2 rings (SSSR count). The molecule has 0 saturated heterocycles. The van der Waals surface area contributed by atoms with E-state index in [0.717, 1.165) is 4.47 Å². The fourth-order valence-electron chi connectivity index (χ4n) is 1.15. The molecule has 0 aliphatic heterocycles. The molecule has 17 heavy (non-hydrogen) atoms. The van der Waals surface area contributed by atoms with E-state index in [1.54, 1.807) is 12.1 Å². The number of benzene rings is 1. The maximum atomic E-state index is 6.06. The van der Waals surface area contributed by atoms with E-state index >= 15 is 0 Å². The van der Waals surface area contributed by atoms with Gasteiger partial charge in [-0.2, -0.15) is 4.98 Å². The van der Waals surface area contributed by atoms with Crippen LogP contribution >= 0.6 is 50.7 Å². The normalized spacial score (nSPS) is 10.4. The van der Waals surface area contributed by atoms with E-state index < -0.39 is 0 Å². The third kappa shape index (κ3) is 3.22. The van der Waals surface area contributed by atoms with E-state index in [9.17, 15) is 0 Å². The van der Waals surface area contributed by atoms with Gasteiger partial charge in [-0.3, -0.25) is 0 Å². The first kappa shape index (κ1) is 12.9. The summed E-state index contributed by atoms with van der Waals surface area (Å²) in [5.74, 6) is 0.413. The van der Waals surface area contributed by atoms with Crippen LogP contribution in [0.1, 0.15) is 0 Å². The minimum Gasteiger partial charge on any atom is -0.338 e. The monoisotopic (exact) mass is 351 g/mol. The second-order valence-corrected chi connectivity index (χ2v) is 5.15. The summed E-state index contributed by atoms with van der Waals surface area (Å²) >= 11 is 21.0. The zero-order valence-electron chi connectivity index (χ0n) is 8.22. The van der Waals surface area contributed by atoms with Gasteiger partial charge >= 0.3 is 0 Å². The Morgan fingerprint density at radius 3 is 2.59 bits per heavy atom. The van der Waals surface area contributed by atoms with Gasteiger partial charge in [0, 0.05) is 4.47 Å². The Morgan fingerprint density at radius 1 is 1.12 bits per heavy atom. The molecule has 0 saturated carbocycles. The van der Waals surface area contributed by atoms with E-state index in [-0.39, 0.29) is 5.28 Å². The molecule has 0 bridgehead atoms. The molecule has 0 spiro atoms. The van der Waals surface area contributed by atoms with E-state index in [4.69, 9.17) is 34.8 Å². The van der Waals surface area contributed by atoms with Gasteiger partial charge in [0.2, 0.25) is 5.28 Å². The largest absolute Gasteiger partial charge is 0.338 e. The molecule has 0 aliphatic carbocycles. The van der Waals surface area contributed by atoms with E-state index in [0.29, 0.717) is 21.6 Å². The molecule has 1 heterocycles. The third-order valence-corrected chi connectivity index (χ3v) is 3.16. The molecule has 0 fully saturated rings. The number of nitrogens with one attached hydrogen (secondary N) is 1. The lowest BCUT2D eigenvalue weighted by molar-refractivity contribution is 1.17. The molecule has 1 N–H and O–H groups in total. The number of rotatable bonds is 2. The maximum Gasteiger partial charge on any atom is 0.224 e. The van der Waals surface area contributed by atoms with Crippen molar-refractivity contribution in [1.82, 2.24) is 9.97 Å². The van der Waals surface area contributed by atoms with Crippen molar-refractivity contribution in [3.8, 4) is 0 Å². The zero-order valence-corrected chi connectivity index (χ0v) is 12.1. The lowest BCUT2D eigenvalue weighted by Gasteiger charge is -2.09. The Morgan fingerprint density at radius 2 is 1.88 bits per heavy atom. The highest BCUT2D eigenvalue weighted by atomic mass is 79.9. The molecule has 2 aromatic rings. The lowest BCUT2D eigenvalue weighted by atomic mass is 10.3. The molecular weight excluding hydrogens is 348 g/mol. The summed E-state index contributed by atoms with van der Waals surface area (Å²) in [6.07, 6.45) is 1.42. The summed E-state index contributed by atoms with van der Waals surface area (Å²) in [5.41, 5.74) is 0.687. The summed E-state index contributed by atoms with van der Waals surface area (Å²) in [7, 11) is 0. The maximum absolute atomic E-state index is 6.06. The average molecular weight is 353 g/mol. The highest BCUT2D eigenvalue weighted by Crippen LogP contribution is 2.30. The van der Waals surface area contributed by atoms with Gasteiger partial charge < -0.3 is 5.32 Å². The first-order chi connectivity index (χ1) is 8.06. The van der Waals surface area contributed by atoms with Crippen LogP contribution in [0.4, 0.5) is 11.5 Å². The number of hydrogen-bond donors (Lipinski definition) is 1. The number of hydrogen-bond acceptors (Lipinski definition) is 3. The number of halogens is 4. The predicted molar refractivity (Wildman–Crippen MR) is 74.5 cm³/mol. The second-order valence-electron chi connectivity index (χ2n) is 3.08. The van der Waals surface area contributed by atoms with E-state index in [1.165, 1.54) is 6.20 Å². The van der Waals surface area contributed by atoms with Crippen LogP contribution in [0.2, 0.25) is 15.3 Å². The van der Waals surface area contributed by atoms with Crippen LogP contribution in [0.5, 0.6) is 0 Å². The van der Waals surface area contributed by atoms with Crippen molar-refractivity contribution in [2.45, 2.75) is 0 Å². The number of nitrogens with zero attached hydrogens (tertiary/aromatic N) is 2. The van der Waals surface area contributed by atoms with Crippen LogP contribution in [0.3, 0.4) is 0 Å². The lowest BCUT2D eigenvalue weighted by Crippen LogP contribution is -1.96. The molecule has 0 unspecified atom stereocenters. The Kier molecular flexibility index (Phi) is 4.09. The van der Waals surface area contributed by atoms with Crippen LogP contribution < -0.4 is 5.32 Å². The second kappa shape index (κ2) is 5.40. The van der Waals surface area contributed by atoms with E-state index in [1.807, 2.05) is 6.07 Å². The summed E-state index contributed by atoms with van der Waals surface area (Å²) in [6, 6.07) is 5.42. The van der Waals surface area contributed by atoms with E-state index in [2.05, 4.69) is 31.2 Å². The highest BCUT2D eigenvalue weighted by Gasteiger charge is 2.07. The summed E-state index contributed by atoms with van der Waals surface area (Å²) in [5, 5.41) is 4.02. The zero-order chi connectivity index (χ0) is 12.4. The molecule has 0 atom stereocenters. The van der Waals surface area contributed by atoms with Gasteiger partial charge in [-0.1, -0.05) is 39.1 Å². The van der Waals surface area contributed by atoms with Gasteiger partial charge in [-0.25, -0.2) is 4.98 Å². The first-order valence-corrected chi connectivity index (χ1v) is 6.39. The van der Waals surface area contributed by atoms with Gasteiger partial charge in [-0.05, 0) is 29.8 Å².